The van der Waals surface area contributed by atoms with Crippen LogP contribution in [0.1, 0.15) is 27.7 Å². The molecule has 1 N–H and O–H groups in total. The lowest BCUT2D eigenvalue weighted by molar-refractivity contribution is -0.134. The maximum atomic E-state index is 12.8. The van der Waals surface area contributed by atoms with Gasteiger partial charge in [-0.1, -0.05) is 81.4 Å². The van der Waals surface area contributed by atoms with Crippen molar-refractivity contribution in [3.05, 3.63) is 72.3 Å². The van der Waals surface area contributed by atoms with E-state index < -0.39 is 20.3 Å². The Labute approximate surface area is 155 Å². The van der Waals surface area contributed by atoms with Gasteiger partial charge in [-0.05, 0) is 22.3 Å². The molecule has 0 bridgehead atoms. The molecule has 26 heavy (non-hydrogen) atoms. The fourth-order valence-electron chi connectivity index (χ4n) is 3.11. The molecule has 0 heterocycles. The zero-order valence-electron chi connectivity index (χ0n) is 15.5. The molecule has 2 aromatic rings. The van der Waals surface area contributed by atoms with Gasteiger partial charge in [0.15, 0.2) is 0 Å². The molecule has 136 valence electrons. The predicted molar refractivity (Wildman–Crippen MR) is 105 cm³/mol. The Balaban J connectivity index is 2.69. The number of carbonyl (C=O) groups is 2. The van der Waals surface area contributed by atoms with Gasteiger partial charge in [0.05, 0.1) is 0 Å². The lowest BCUT2D eigenvalue weighted by Crippen LogP contribution is -2.67. The van der Waals surface area contributed by atoms with E-state index in [-0.39, 0.29) is 10.6 Å². The van der Waals surface area contributed by atoms with Crippen LogP contribution in [0, 0.1) is 0 Å². The van der Waals surface area contributed by atoms with Gasteiger partial charge in [-0.25, -0.2) is 9.59 Å². The molecule has 0 radical (unpaired) electrons. The predicted octanol–water partition coefficient (Wildman–Crippen LogP) is 3.12. The molecule has 2 rings (SSSR count). The summed E-state index contributed by atoms with van der Waals surface area (Å²) in [6.45, 7) is 7.64. The summed E-state index contributed by atoms with van der Waals surface area (Å²) >= 11 is 0. The molecule has 5 heteroatoms. The smallest absolute Gasteiger partial charge is 0.328 e. The van der Waals surface area contributed by atoms with E-state index in [2.05, 4.69) is 20.8 Å². The number of rotatable bonds is 5. The number of carboxylic acid groups (broad SMARTS) is 1. The second-order valence-corrected chi connectivity index (χ2v) is 11.4. The molecule has 0 aliphatic carbocycles. The van der Waals surface area contributed by atoms with E-state index in [1.54, 1.807) is 0 Å². The van der Waals surface area contributed by atoms with Crippen molar-refractivity contribution >= 4 is 30.6 Å². The van der Waals surface area contributed by atoms with Crippen LogP contribution in [-0.4, -0.2) is 25.4 Å². The van der Waals surface area contributed by atoms with Gasteiger partial charge in [-0.2, -0.15) is 0 Å². The standard InChI is InChI=1S/C21H24O4Si/c1-16(15-19(22)23)20(24)25-26(21(2,3)4,17-11-7-5-8-12-17)18-13-9-6-10-14-18/h5-15H,1-4H3,(H,22,23)/b16-15+. The van der Waals surface area contributed by atoms with Gasteiger partial charge in [-0.3, -0.25) is 0 Å². The Hall–Kier alpha value is -2.66. The average Bonchev–Trinajstić information content (AvgIpc) is 2.59. The molecule has 0 atom stereocenters. The fraction of sp³-hybridized carbons (Fsp3) is 0.238. The van der Waals surface area contributed by atoms with Crippen LogP contribution < -0.4 is 10.4 Å². The third-order valence-electron chi connectivity index (χ3n) is 4.32. The van der Waals surface area contributed by atoms with E-state index >= 15 is 0 Å². The molecule has 2 aromatic carbocycles. The summed E-state index contributed by atoms with van der Waals surface area (Å²) in [5, 5.41) is 10.5. The van der Waals surface area contributed by atoms with E-state index in [4.69, 9.17) is 9.53 Å². The molecule has 0 aliphatic heterocycles. The summed E-state index contributed by atoms with van der Waals surface area (Å²) in [6, 6.07) is 19.5. The Morgan fingerprint density at radius 1 is 0.923 bits per heavy atom. The lowest BCUT2D eigenvalue weighted by atomic mass is 10.2. The van der Waals surface area contributed by atoms with E-state index in [1.807, 2.05) is 60.7 Å². The van der Waals surface area contributed by atoms with E-state index in [9.17, 15) is 9.59 Å². The number of hydrogen-bond donors (Lipinski definition) is 1. The maximum absolute atomic E-state index is 12.8. The first-order valence-electron chi connectivity index (χ1n) is 8.44. The molecule has 0 fully saturated rings. The van der Waals surface area contributed by atoms with Crippen molar-refractivity contribution in [1.29, 1.82) is 0 Å². The van der Waals surface area contributed by atoms with Crippen molar-refractivity contribution in [1.82, 2.24) is 0 Å². The average molecular weight is 369 g/mol. The third-order valence-corrected chi connectivity index (χ3v) is 9.22. The summed E-state index contributed by atoms with van der Waals surface area (Å²) in [5.74, 6) is -1.76. The molecular formula is C21H24O4Si. The maximum Gasteiger partial charge on any atom is 0.328 e. The highest BCUT2D eigenvalue weighted by Gasteiger charge is 2.53. The van der Waals surface area contributed by atoms with Crippen LogP contribution in [0.5, 0.6) is 0 Å². The minimum atomic E-state index is -3.01. The number of carboxylic acids is 1. The second kappa shape index (κ2) is 7.70. The molecule has 4 nitrogen and oxygen atoms in total. The SMILES string of the molecule is C/C(=C\C(=O)O)C(=O)O[Si](c1ccccc1)(c1ccccc1)C(C)(C)C. The number of aliphatic carboxylic acids is 1. The van der Waals surface area contributed by atoms with Crippen LogP contribution in [0.15, 0.2) is 72.3 Å². The van der Waals surface area contributed by atoms with Gasteiger partial charge < -0.3 is 9.53 Å². The van der Waals surface area contributed by atoms with E-state index in [0.717, 1.165) is 16.4 Å². The quantitative estimate of drug-likeness (QED) is 0.651. The summed E-state index contributed by atoms with van der Waals surface area (Å²) in [6.07, 6.45) is 0.889. The highest BCUT2D eigenvalue weighted by Crippen LogP contribution is 2.37. The third kappa shape index (κ3) is 3.94. The fourth-order valence-corrected chi connectivity index (χ4v) is 7.48. The molecular weight excluding hydrogens is 344 g/mol. The highest BCUT2D eigenvalue weighted by atomic mass is 28.4. The zero-order chi connectivity index (χ0) is 19.4. The highest BCUT2D eigenvalue weighted by molar-refractivity contribution is 7.00. The number of carbonyl (C=O) groups excluding carboxylic acids is 1. The van der Waals surface area contributed by atoms with Gasteiger partial charge in [-0.15, -0.1) is 0 Å². The topological polar surface area (TPSA) is 63.6 Å². The van der Waals surface area contributed by atoms with Gasteiger partial charge in [0, 0.05) is 11.6 Å². The Morgan fingerprint density at radius 3 is 1.69 bits per heavy atom. The van der Waals surface area contributed by atoms with Gasteiger partial charge in [0.2, 0.25) is 0 Å². The second-order valence-electron chi connectivity index (χ2n) is 7.22. The van der Waals surface area contributed by atoms with Crippen molar-refractivity contribution in [2.45, 2.75) is 32.7 Å². The largest absolute Gasteiger partial charge is 0.506 e. The van der Waals surface area contributed by atoms with Crippen molar-refractivity contribution in [2.75, 3.05) is 0 Å². The minimum absolute atomic E-state index is 0.0745. The van der Waals surface area contributed by atoms with Crippen molar-refractivity contribution in [3.8, 4) is 0 Å². The first kappa shape index (κ1) is 19.7. The van der Waals surface area contributed by atoms with Gasteiger partial charge in [0.25, 0.3) is 0 Å². The summed E-state index contributed by atoms with van der Waals surface area (Å²) in [5.41, 5.74) is 0.0745. The van der Waals surface area contributed by atoms with Crippen LogP contribution in [-0.2, 0) is 14.0 Å². The molecule has 0 spiro atoms. The summed E-state index contributed by atoms with van der Waals surface area (Å²) in [7, 11) is -3.01. The Kier molecular flexibility index (Phi) is 5.82. The zero-order valence-corrected chi connectivity index (χ0v) is 16.5. The lowest BCUT2D eigenvalue weighted by Gasteiger charge is -2.42. The molecule has 0 aromatic heterocycles. The van der Waals surface area contributed by atoms with E-state index in [1.165, 1.54) is 6.92 Å². The molecule has 0 unspecified atom stereocenters. The molecule has 0 aliphatic rings. The van der Waals surface area contributed by atoms with Crippen molar-refractivity contribution in [3.63, 3.8) is 0 Å². The first-order valence-corrected chi connectivity index (χ1v) is 10.3. The number of hydrogen-bond acceptors (Lipinski definition) is 3. The van der Waals surface area contributed by atoms with Crippen molar-refractivity contribution in [2.24, 2.45) is 0 Å². The van der Waals surface area contributed by atoms with Gasteiger partial charge in [0.1, 0.15) is 0 Å². The summed E-state index contributed by atoms with van der Waals surface area (Å²) in [4.78, 5) is 23.7. The van der Waals surface area contributed by atoms with Crippen LogP contribution in [0.2, 0.25) is 5.04 Å². The molecule has 0 amide bonds. The summed E-state index contributed by atoms with van der Waals surface area (Å²) < 4.78 is 6.21. The van der Waals surface area contributed by atoms with Crippen LogP contribution in [0.4, 0.5) is 0 Å². The van der Waals surface area contributed by atoms with Crippen LogP contribution in [0.25, 0.3) is 0 Å². The molecule has 0 saturated heterocycles. The van der Waals surface area contributed by atoms with E-state index in [0.29, 0.717) is 0 Å². The Bertz CT molecular complexity index is 765. The Morgan fingerprint density at radius 2 is 1.35 bits per heavy atom. The normalized spacial score (nSPS) is 12.5. The van der Waals surface area contributed by atoms with Crippen LogP contribution >= 0.6 is 0 Å². The molecule has 0 saturated carbocycles. The van der Waals surface area contributed by atoms with Crippen molar-refractivity contribution < 1.29 is 19.1 Å². The van der Waals surface area contributed by atoms with Gasteiger partial charge >= 0.3 is 20.3 Å². The first-order chi connectivity index (χ1) is 12.2. The minimum Gasteiger partial charge on any atom is -0.506 e. The monoisotopic (exact) mass is 368 g/mol. The number of benzene rings is 2. The van der Waals surface area contributed by atoms with Crippen LogP contribution in [0.3, 0.4) is 0 Å².